The van der Waals surface area contributed by atoms with Gasteiger partial charge in [-0.1, -0.05) is 5.16 Å². The highest BCUT2D eigenvalue weighted by Crippen LogP contribution is 2.29. The number of nitrogens with one attached hydrogen (secondary N) is 1. The molecule has 1 atom stereocenters. The number of hydrogen-bond acceptors (Lipinski definition) is 7. The molecule has 1 amide bonds. The highest BCUT2D eigenvalue weighted by molar-refractivity contribution is 7.91. The molecule has 1 heterocycles. The Kier molecular flexibility index (Phi) is 6.77. The molecule has 0 aliphatic carbocycles. The van der Waals surface area contributed by atoms with E-state index >= 15 is 0 Å². The van der Waals surface area contributed by atoms with Gasteiger partial charge in [0.1, 0.15) is 0 Å². The molecule has 0 radical (unpaired) electrons. The van der Waals surface area contributed by atoms with E-state index in [1.807, 2.05) is 0 Å². The summed E-state index contributed by atoms with van der Waals surface area (Å²) < 4.78 is 56.5. The van der Waals surface area contributed by atoms with E-state index < -0.39 is 35.0 Å². The lowest BCUT2D eigenvalue weighted by Crippen LogP contribution is -2.37. The summed E-state index contributed by atoms with van der Waals surface area (Å²) in [5.74, 6) is -0.865. The quantitative estimate of drug-likeness (QED) is 0.359. The van der Waals surface area contributed by atoms with Gasteiger partial charge in [0.2, 0.25) is 0 Å². The van der Waals surface area contributed by atoms with E-state index in [9.17, 15) is 22.0 Å². The fourth-order valence-corrected chi connectivity index (χ4v) is 4.08. The van der Waals surface area contributed by atoms with Crippen LogP contribution in [0.15, 0.2) is 23.4 Å². The molecule has 150 valence electrons. The Morgan fingerprint density at radius 1 is 1.41 bits per heavy atom. The van der Waals surface area contributed by atoms with Crippen molar-refractivity contribution in [2.75, 3.05) is 25.2 Å². The predicted molar refractivity (Wildman–Crippen MR) is 91.5 cm³/mol. The van der Waals surface area contributed by atoms with Crippen molar-refractivity contribution in [2.45, 2.75) is 19.1 Å². The van der Waals surface area contributed by atoms with Gasteiger partial charge >= 0.3 is 6.61 Å². The number of carbonyl (C=O) groups is 1. The lowest BCUT2D eigenvalue weighted by molar-refractivity contribution is -0.126. The number of rotatable bonds is 8. The summed E-state index contributed by atoms with van der Waals surface area (Å²) in [6.45, 7) is -3.46. The molecule has 1 unspecified atom stereocenters. The first-order chi connectivity index (χ1) is 12.7. The Morgan fingerprint density at radius 2 is 2.15 bits per heavy atom. The molecular weight excluding hydrogens is 388 g/mol. The number of nitrogens with two attached hydrogens (primary N) is 1. The SMILES string of the molecule is COc1cc(/C(N)=N/OCC(=O)NC2CCS(=O)(=O)C2)ccc1OC(F)F. The van der Waals surface area contributed by atoms with E-state index in [0.29, 0.717) is 12.0 Å². The van der Waals surface area contributed by atoms with E-state index in [-0.39, 0.29) is 28.8 Å². The van der Waals surface area contributed by atoms with E-state index in [2.05, 4.69) is 15.2 Å². The Hall–Kier alpha value is -2.63. The third kappa shape index (κ3) is 6.24. The van der Waals surface area contributed by atoms with Gasteiger partial charge < -0.3 is 25.4 Å². The monoisotopic (exact) mass is 407 g/mol. The molecule has 9 nitrogen and oxygen atoms in total. The van der Waals surface area contributed by atoms with Crippen LogP contribution in [0.1, 0.15) is 12.0 Å². The molecular formula is C15H19F2N3O6S. The van der Waals surface area contributed by atoms with E-state index in [1.54, 1.807) is 0 Å². The number of nitrogens with zero attached hydrogens (tertiary/aromatic N) is 1. The summed E-state index contributed by atoms with van der Waals surface area (Å²) >= 11 is 0. The summed E-state index contributed by atoms with van der Waals surface area (Å²) in [4.78, 5) is 16.6. The van der Waals surface area contributed by atoms with E-state index in [0.717, 1.165) is 0 Å². The van der Waals surface area contributed by atoms with E-state index in [1.165, 1.54) is 25.3 Å². The first kappa shape index (κ1) is 20.7. The summed E-state index contributed by atoms with van der Waals surface area (Å²) in [6, 6.07) is 3.48. The lowest BCUT2D eigenvalue weighted by Gasteiger charge is -2.11. The van der Waals surface area contributed by atoms with Crippen molar-refractivity contribution in [3.05, 3.63) is 23.8 Å². The molecule has 1 aromatic carbocycles. The maximum atomic E-state index is 12.3. The molecule has 12 heteroatoms. The van der Waals surface area contributed by atoms with Crippen LogP contribution in [0.2, 0.25) is 0 Å². The molecule has 0 spiro atoms. The summed E-state index contributed by atoms with van der Waals surface area (Å²) in [5.41, 5.74) is 6.03. The highest BCUT2D eigenvalue weighted by atomic mass is 32.2. The van der Waals surface area contributed by atoms with Crippen molar-refractivity contribution in [2.24, 2.45) is 10.9 Å². The van der Waals surface area contributed by atoms with Gasteiger partial charge in [-0.2, -0.15) is 8.78 Å². The van der Waals surface area contributed by atoms with Crippen LogP contribution in [-0.4, -0.2) is 58.0 Å². The topological polar surface area (TPSA) is 129 Å². The number of oxime groups is 1. The molecule has 1 aliphatic rings. The number of amidine groups is 1. The molecule has 0 saturated carbocycles. The second kappa shape index (κ2) is 8.84. The van der Waals surface area contributed by atoms with Gasteiger partial charge in [-0.05, 0) is 24.6 Å². The van der Waals surface area contributed by atoms with Crippen LogP contribution in [0.5, 0.6) is 11.5 Å². The van der Waals surface area contributed by atoms with Gasteiger partial charge in [-0.25, -0.2) is 8.42 Å². The maximum absolute atomic E-state index is 12.3. The van der Waals surface area contributed by atoms with Gasteiger partial charge in [0.25, 0.3) is 5.91 Å². The van der Waals surface area contributed by atoms with Crippen molar-refractivity contribution >= 4 is 21.6 Å². The van der Waals surface area contributed by atoms with Gasteiger partial charge in [0, 0.05) is 11.6 Å². The minimum Gasteiger partial charge on any atom is -0.493 e. The molecule has 0 aromatic heterocycles. The molecule has 3 N–H and O–H groups in total. The molecule has 1 fully saturated rings. The standard InChI is InChI=1S/C15H19F2N3O6S/c1-24-12-6-9(2-3-11(12)26-15(16)17)14(18)20-25-7-13(21)19-10-4-5-27(22,23)8-10/h2-3,6,10,15H,4-5,7-8H2,1H3,(H2,18,20)(H,19,21). The third-order valence-corrected chi connectivity index (χ3v) is 5.40. The minimum absolute atomic E-state index is 0.0196. The van der Waals surface area contributed by atoms with Gasteiger partial charge in [0.05, 0.1) is 18.6 Å². The fourth-order valence-electron chi connectivity index (χ4n) is 2.41. The average Bonchev–Trinajstić information content (AvgIpc) is 2.93. The molecule has 0 bridgehead atoms. The molecule has 2 rings (SSSR count). The van der Waals surface area contributed by atoms with Crippen molar-refractivity contribution in [1.29, 1.82) is 0 Å². The number of alkyl halides is 2. The van der Waals surface area contributed by atoms with Crippen LogP contribution in [0.25, 0.3) is 0 Å². The Morgan fingerprint density at radius 3 is 2.74 bits per heavy atom. The Labute approximate surface area is 154 Å². The average molecular weight is 407 g/mol. The first-order valence-electron chi connectivity index (χ1n) is 7.78. The molecule has 27 heavy (non-hydrogen) atoms. The second-order valence-electron chi connectivity index (χ2n) is 5.66. The van der Waals surface area contributed by atoms with Crippen molar-refractivity contribution in [3.63, 3.8) is 0 Å². The number of hydrogen-bond donors (Lipinski definition) is 2. The normalized spacial score (nSPS) is 19.0. The number of carbonyl (C=O) groups excluding carboxylic acids is 1. The van der Waals surface area contributed by atoms with Crippen molar-refractivity contribution in [3.8, 4) is 11.5 Å². The van der Waals surface area contributed by atoms with Gasteiger partial charge in [0.15, 0.2) is 33.8 Å². The number of halogens is 2. The zero-order valence-corrected chi connectivity index (χ0v) is 15.2. The number of amides is 1. The van der Waals surface area contributed by atoms with Gasteiger partial charge in [-0.15, -0.1) is 0 Å². The van der Waals surface area contributed by atoms with E-state index in [4.69, 9.17) is 15.3 Å². The zero-order chi connectivity index (χ0) is 20.0. The fraction of sp³-hybridized carbons (Fsp3) is 0.467. The zero-order valence-electron chi connectivity index (χ0n) is 14.4. The first-order valence-corrected chi connectivity index (χ1v) is 9.61. The van der Waals surface area contributed by atoms with Crippen LogP contribution in [-0.2, 0) is 19.5 Å². The summed E-state index contributed by atoms with van der Waals surface area (Å²) in [7, 11) is -1.83. The lowest BCUT2D eigenvalue weighted by atomic mass is 10.2. The largest absolute Gasteiger partial charge is 0.493 e. The number of sulfone groups is 1. The molecule has 1 saturated heterocycles. The predicted octanol–water partition coefficient (Wildman–Crippen LogP) is 0.237. The minimum atomic E-state index is -3.10. The number of methoxy groups -OCH3 is 1. The summed E-state index contributed by atoms with van der Waals surface area (Å²) in [5, 5.41) is 6.11. The van der Waals surface area contributed by atoms with Crippen LogP contribution >= 0.6 is 0 Å². The van der Waals surface area contributed by atoms with Crippen LogP contribution in [0.3, 0.4) is 0 Å². The van der Waals surface area contributed by atoms with Gasteiger partial charge in [-0.3, -0.25) is 4.79 Å². The Balaban J connectivity index is 1.90. The third-order valence-electron chi connectivity index (χ3n) is 3.63. The maximum Gasteiger partial charge on any atom is 0.387 e. The van der Waals surface area contributed by atoms with Crippen molar-refractivity contribution < 1.29 is 36.3 Å². The van der Waals surface area contributed by atoms with Crippen molar-refractivity contribution in [1.82, 2.24) is 5.32 Å². The molecule has 1 aliphatic heterocycles. The van der Waals surface area contributed by atoms with Crippen LogP contribution in [0, 0.1) is 0 Å². The van der Waals surface area contributed by atoms with Crippen LogP contribution in [0.4, 0.5) is 8.78 Å². The molecule has 1 aromatic rings. The Bertz CT molecular complexity index is 816. The highest BCUT2D eigenvalue weighted by Gasteiger charge is 2.28. The number of ether oxygens (including phenoxy) is 2. The second-order valence-corrected chi connectivity index (χ2v) is 7.89. The van der Waals surface area contributed by atoms with Crippen LogP contribution < -0.4 is 20.5 Å². The number of benzene rings is 1. The smallest absolute Gasteiger partial charge is 0.387 e. The summed E-state index contributed by atoms with van der Waals surface area (Å²) in [6.07, 6.45) is 0.353.